The molecule has 54 heavy (non-hydrogen) atoms. The molecule has 0 aliphatic heterocycles. The van der Waals surface area contributed by atoms with E-state index < -0.39 is 75.2 Å². The summed E-state index contributed by atoms with van der Waals surface area (Å²) in [6, 6.07) is -1.15. The lowest BCUT2D eigenvalue weighted by atomic mass is 9.85. The number of carbonyl (C=O) groups excluding carboxylic acids is 1. The summed E-state index contributed by atoms with van der Waals surface area (Å²) in [5, 5.41) is 74.2. The predicted molar refractivity (Wildman–Crippen MR) is 211 cm³/mol. The Hall–Kier alpha value is -0.960. The summed E-state index contributed by atoms with van der Waals surface area (Å²) in [6.07, 6.45) is 15.7. The molecule has 0 spiro atoms. The van der Waals surface area contributed by atoms with Crippen LogP contribution in [0, 0.1) is 0 Å². The van der Waals surface area contributed by atoms with Gasteiger partial charge < -0.3 is 46.0 Å². The number of aliphatic hydroxyl groups excluding tert-OH is 7. The number of nitrogens with one attached hydrogen (secondary N) is 1. The minimum atomic E-state index is -5.11. The normalized spacial score (nSPS) is 24.7. The number of allylic oxidation sites excluding steroid dienone is 2. The monoisotopic (exact) mass is 796 g/mol. The van der Waals surface area contributed by atoms with Crippen LogP contribution in [0.2, 0.25) is 0 Å². The zero-order chi connectivity index (χ0) is 40.2. The van der Waals surface area contributed by atoms with Crippen molar-refractivity contribution in [2.24, 2.45) is 0 Å². The van der Waals surface area contributed by atoms with E-state index in [2.05, 4.69) is 31.3 Å². The molecule has 1 amide bonds. The molecule has 1 saturated carbocycles. The Morgan fingerprint density at radius 3 is 1.52 bits per heavy atom. The van der Waals surface area contributed by atoms with Gasteiger partial charge in [-0.15, -0.1) is 0 Å². The molecular formula is C40H78NO12P. The van der Waals surface area contributed by atoms with Crippen molar-refractivity contribution in [1.29, 1.82) is 0 Å². The average molecular weight is 796 g/mol. The summed E-state index contributed by atoms with van der Waals surface area (Å²) < 4.78 is 22.8. The molecule has 0 heterocycles. The molecular weight excluding hydrogens is 717 g/mol. The molecule has 14 heteroatoms. The zero-order valence-electron chi connectivity index (χ0n) is 33.4. The van der Waals surface area contributed by atoms with Crippen molar-refractivity contribution in [3.05, 3.63) is 12.2 Å². The van der Waals surface area contributed by atoms with Gasteiger partial charge in [0, 0.05) is 0 Å². The fourth-order valence-electron chi connectivity index (χ4n) is 6.83. The molecule has 0 aromatic heterocycles. The van der Waals surface area contributed by atoms with Crippen LogP contribution in [-0.4, -0.2) is 108 Å². The number of phosphoric ester groups is 1. The Balaban J connectivity index is 2.54. The van der Waals surface area contributed by atoms with E-state index in [0.717, 1.165) is 70.6 Å². The highest BCUT2D eigenvalue weighted by Crippen LogP contribution is 2.47. The highest BCUT2D eigenvalue weighted by molar-refractivity contribution is 7.47. The van der Waals surface area contributed by atoms with Crippen molar-refractivity contribution < 1.29 is 59.0 Å². The maximum atomic E-state index is 12.9. The van der Waals surface area contributed by atoms with Crippen LogP contribution in [0.25, 0.3) is 0 Å². The molecule has 1 aliphatic carbocycles. The SMILES string of the molecule is CCCCCCCC/C=C\CCCCCCCC(O)CC(=O)NC(COP(=O)(O)OC1C(O)C(O)C(O)C(O)C1O)C(O)CCCCCCCCCCC. The third-order valence-corrected chi connectivity index (χ3v) is 11.4. The Kier molecular flexibility index (Phi) is 29.4. The number of rotatable bonds is 34. The van der Waals surface area contributed by atoms with Gasteiger partial charge in [-0.05, 0) is 38.5 Å². The van der Waals surface area contributed by atoms with Crippen molar-refractivity contribution in [2.75, 3.05) is 6.61 Å². The van der Waals surface area contributed by atoms with Gasteiger partial charge in [0.1, 0.15) is 36.6 Å². The Labute approximate surface area is 325 Å². The van der Waals surface area contributed by atoms with Gasteiger partial charge in [-0.2, -0.15) is 0 Å². The van der Waals surface area contributed by atoms with Crippen molar-refractivity contribution in [3.8, 4) is 0 Å². The van der Waals surface area contributed by atoms with Gasteiger partial charge in [0.25, 0.3) is 0 Å². The summed E-state index contributed by atoms with van der Waals surface area (Å²) in [5.74, 6) is -0.568. The zero-order valence-corrected chi connectivity index (χ0v) is 34.3. The van der Waals surface area contributed by atoms with Crippen LogP contribution in [0.15, 0.2) is 12.2 Å². The standard InChI is InChI=1S/C40H78NO12P/c1-3-5-7-9-11-13-14-15-16-17-18-20-21-23-25-27-31(42)29-34(44)41-32(33(43)28-26-24-22-19-12-10-8-6-4-2)30-52-54(50,51)53-40-38(48)36(46)35(45)37(47)39(40)49/h15-16,31-33,35-40,42-43,45-49H,3-14,17-30H2,1-2H3,(H,41,44)(H,50,51)/b16-15-. The van der Waals surface area contributed by atoms with Gasteiger partial charge >= 0.3 is 7.82 Å². The fraction of sp³-hybridized carbons (Fsp3) is 0.925. The van der Waals surface area contributed by atoms with E-state index in [1.165, 1.54) is 64.2 Å². The summed E-state index contributed by atoms with van der Waals surface area (Å²) in [6.45, 7) is 3.72. The summed E-state index contributed by atoms with van der Waals surface area (Å²) in [7, 11) is -5.11. The molecule has 13 nitrogen and oxygen atoms in total. The van der Waals surface area contributed by atoms with Crippen LogP contribution < -0.4 is 5.32 Å². The summed E-state index contributed by atoms with van der Waals surface area (Å²) in [5.41, 5.74) is 0. The van der Waals surface area contributed by atoms with Gasteiger partial charge in [-0.25, -0.2) is 4.57 Å². The van der Waals surface area contributed by atoms with Gasteiger partial charge in [0.2, 0.25) is 5.91 Å². The van der Waals surface area contributed by atoms with E-state index >= 15 is 0 Å². The maximum Gasteiger partial charge on any atom is 0.472 e. The third kappa shape index (κ3) is 23.3. The van der Waals surface area contributed by atoms with Crippen LogP contribution in [0.3, 0.4) is 0 Å². The molecule has 8 atom stereocenters. The topological polar surface area (TPSA) is 226 Å². The number of unbranched alkanes of at least 4 members (excludes halogenated alkanes) is 19. The van der Waals surface area contributed by atoms with Crippen molar-refractivity contribution in [3.63, 3.8) is 0 Å². The minimum absolute atomic E-state index is 0.226. The molecule has 320 valence electrons. The average Bonchev–Trinajstić information content (AvgIpc) is 3.14. The Bertz CT molecular complexity index is 990. The fourth-order valence-corrected chi connectivity index (χ4v) is 7.79. The first-order valence-electron chi connectivity index (χ1n) is 21.2. The number of aliphatic hydroxyl groups is 7. The second-order valence-corrected chi connectivity index (χ2v) is 16.8. The molecule has 0 radical (unpaired) electrons. The van der Waals surface area contributed by atoms with Gasteiger partial charge in [0.15, 0.2) is 0 Å². The molecule has 0 bridgehead atoms. The predicted octanol–water partition coefficient (Wildman–Crippen LogP) is 5.86. The lowest BCUT2D eigenvalue weighted by molar-refractivity contribution is -0.220. The van der Waals surface area contributed by atoms with Crippen molar-refractivity contribution in [1.82, 2.24) is 5.32 Å². The van der Waals surface area contributed by atoms with Crippen LogP contribution >= 0.6 is 7.82 Å². The number of hydrogen-bond acceptors (Lipinski definition) is 11. The molecule has 9 N–H and O–H groups in total. The first-order valence-corrected chi connectivity index (χ1v) is 22.7. The molecule has 0 aromatic rings. The lowest BCUT2D eigenvalue weighted by Crippen LogP contribution is -2.64. The van der Waals surface area contributed by atoms with E-state index in [4.69, 9.17) is 9.05 Å². The van der Waals surface area contributed by atoms with Crippen LogP contribution in [0.1, 0.15) is 174 Å². The molecule has 0 saturated heterocycles. The Morgan fingerprint density at radius 1 is 0.630 bits per heavy atom. The second-order valence-electron chi connectivity index (χ2n) is 15.4. The molecule has 1 fully saturated rings. The van der Waals surface area contributed by atoms with Gasteiger partial charge in [-0.1, -0.05) is 142 Å². The number of hydrogen-bond donors (Lipinski definition) is 9. The maximum absolute atomic E-state index is 12.9. The first-order chi connectivity index (χ1) is 25.8. The highest BCUT2D eigenvalue weighted by atomic mass is 31.2. The molecule has 0 aromatic carbocycles. The molecule has 1 rings (SSSR count). The van der Waals surface area contributed by atoms with Crippen molar-refractivity contribution in [2.45, 2.75) is 229 Å². The van der Waals surface area contributed by atoms with E-state index in [1.54, 1.807) is 0 Å². The third-order valence-electron chi connectivity index (χ3n) is 10.4. The quantitative estimate of drug-likeness (QED) is 0.0212. The lowest BCUT2D eigenvalue weighted by Gasteiger charge is -2.41. The number of carbonyl (C=O) groups is 1. The molecule has 1 aliphatic rings. The Morgan fingerprint density at radius 2 is 1.04 bits per heavy atom. The van der Waals surface area contributed by atoms with Crippen LogP contribution in [-0.2, 0) is 18.4 Å². The second kappa shape index (κ2) is 31.1. The van der Waals surface area contributed by atoms with Crippen LogP contribution in [0.5, 0.6) is 0 Å². The van der Waals surface area contributed by atoms with Gasteiger partial charge in [0.05, 0.1) is 31.3 Å². The highest BCUT2D eigenvalue weighted by Gasteiger charge is 2.51. The van der Waals surface area contributed by atoms with E-state index in [9.17, 15) is 50.0 Å². The van der Waals surface area contributed by atoms with E-state index in [0.29, 0.717) is 12.8 Å². The van der Waals surface area contributed by atoms with E-state index in [1.807, 2.05) is 0 Å². The first kappa shape index (κ1) is 51.1. The summed E-state index contributed by atoms with van der Waals surface area (Å²) >= 11 is 0. The van der Waals surface area contributed by atoms with Crippen molar-refractivity contribution >= 4 is 13.7 Å². The number of amides is 1. The van der Waals surface area contributed by atoms with Gasteiger partial charge in [-0.3, -0.25) is 13.8 Å². The largest absolute Gasteiger partial charge is 0.472 e. The van der Waals surface area contributed by atoms with Crippen LogP contribution in [0.4, 0.5) is 0 Å². The van der Waals surface area contributed by atoms with E-state index in [-0.39, 0.29) is 12.8 Å². The smallest absolute Gasteiger partial charge is 0.393 e. The molecule has 8 unspecified atom stereocenters. The minimum Gasteiger partial charge on any atom is -0.393 e. The summed E-state index contributed by atoms with van der Waals surface area (Å²) in [4.78, 5) is 23.3. The number of phosphoric acid groups is 1.